The monoisotopic (exact) mass is 226 g/mol. The number of hydrogen-bond donors (Lipinski definition) is 2. The van der Waals surface area contributed by atoms with Gasteiger partial charge >= 0.3 is 0 Å². The van der Waals surface area contributed by atoms with E-state index in [-0.39, 0.29) is 18.0 Å². The van der Waals surface area contributed by atoms with Crippen molar-refractivity contribution in [1.29, 1.82) is 0 Å². The number of aryl methyl sites for hydroxylation is 1. The molecule has 0 saturated carbocycles. The standard InChI is InChI=1S/C11H18N2OS/c1-7-5-6-10(15-7)8(2)13-11(14)9(3)12-4/h5-6,8-9,12H,1-4H3,(H,13,14). The van der Waals surface area contributed by atoms with Crippen LogP contribution in [0.4, 0.5) is 0 Å². The summed E-state index contributed by atoms with van der Waals surface area (Å²) in [6.45, 7) is 5.92. The van der Waals surface area contributed by atoms with Gasteiger partial charge in [-0.2, -0.15) is 0 Å². The van der Waals surface area contributed by atoms with Crippen LogP contribution < -0.4 is 10.6 Å². The van der Waals surface area contributed by atoms with Gasteiger partial charge in [0.15, 0.2) is 0 Å². The van der Waals surface area contributed by atoms with E-state index >= 15 is 0 Å². The van der Waals surface area contributed by atoms with Crippen molar-refractivity contribution in [2.24, 2.45) is 0 Å². The van der Waals surface area contributed by atoms with Crippen LogP contribution in [0.2, 0.25) is 0 Å². The molecule has 0 fully saturated rings. The predicted octanol–water partition coefficient (Wildman–Crippen LogP) is 1.84. The van der Waals surface area contributed by atoms with Crippen molar-refractivity contribution < 1.29 is 4.79 Å². The third kappa shape index (κ3) is 3.32. The quantitative estimate of drug-likeness (QED) is 0.822. The lowest BCUT2D eigenvalue weighted by atomic mass is 10.2. The Hall–Kier alpha value is -0.870. The third-order valence-corrected chi connectivity index (χ3v) is 3.56. The fourth-order valence-corrected chi connectivity index (χ4v) is 2.11. The maximum atomic E-state index is 11.6. The van der Waals surface area contributed by atoms with E-state index in [1.807, 2.05) is 13.8 Å². The Morgan fingerprint density at radius 2 is 2.07 bits per heavy atom. The van der Waals surface area contributed by atoms with Gasteiger partial charge in [0.05, 0.1) is 12.1 Å². The number of nitrogens with one attached hydrogen (secondary N) is 2. The average Bonchev–Trinajstić information content (AvgIpc) is 2.63. The summed E-state index contributed by atoms with van der Waals surface area (Å²) in [6, 6.07) is 4.08. The number of rotatable bonds is 4. The van der Waals surface area contributed by atoms with Gasteiger partial charge in [0.25, 0.3) is 0 Å². The fraction of sp³-hybridized carbons (Fsp3) is 0.545. The molecule has 1 aromatic heterocycles. The van der Waals surface area contributed by atoms with E-state index in [9.17, 15) is 4.79 Å². The summed E-state index contributed by atoms with van der Waals surface area (Å²) >= 11 is 1.72. The van der Waals surface area contributed by atoms with Crippen molar-refractivity contribution in [2.75, 3.05) is 7.05 Å². The Bertz CT molecular complexity index is 335. The first kappa shape index (κ1) is 12.2. The number of amides is 1. The molecule has 4 heteroatoms. The Kier molecular flexibility index (Phi) is 4.29. The van der Waals surface area contributed by atoms with Gasteiger partial charge in [-0.05, 0) is 40.0 Å². The first-order valence-electron chi connectivity index (χ1n) is 5.08. The summed E-state index contributed by atoms with van der Waals surface area (Å²) in [5.74, 6) is 0.0380. The molecule has 2 atom stereocenters. The zero-order valence-electron chi connectivity index (χ0n) is 9.63. The summed E-state index contributed by atoms with van der Waals surface area (Å²) < 4.78 is 0. The second-order valence-electron chi connectivity index (χ2n) is 3.69. The second-order valence-corrected chi connectivity index (χ2v) is 5.01. The number of thiophene rings is 1. The highest BCUT2D eigenvalue weighted by molar-refractivity contribution is 7.12. The largest absolute Gasteiger partial charge is 0.347 e. The average molecular weight is 226 g/mol. The molecule has 1 amide bonds. The molecule has 0 aliphatic heterocycles. The van der Waals surface area contributed by atoms with E-state index in [1.165, 1.54) is 9.75 Å². The number of hydrogen-bond acceptors (Lipinski definition) is 3. The highest BCUT2D eigenvalue weighted by Gasteiger charge is 2.14. The smallest absolute Gasteiger partial charge is 0.237 e. The Balaban J connectivity index is 2.56. The molecular weight excluding hydrogens is 208 g/mol. The van der Waals surface area contributed by atoms with E-state index in [4.69, 9.17) is 0 Å². The van der Waals surface area contributed by atoms with Crippen LogP contribution >= 0.6 is 11.3 Å². The maximum Gasteiger partial charge on any atom is 0.237 e. The second kappa shape index (κ2) is 5.28. The van der Waals surface area contributed by atoms with Crippen LogP contribution in [0, 0.1) is 6.92 Å². The van der Waals surface area contributed by atoms with Crippen molar-refractivity contribution in [1.82, 2.24) is 10.6 Å². The molecule has 0 aliphatic rings. The molecular formula is C11H18N2OS. The first-order chi connectivity index (χ1) is 7.04. The molecule has 2 unspecified atom stereocenters. The minimum absolute atomic E-state index is 0.0380. The van der Waals surface area contributed by atoms with Gasteiger partial charge in [-0.1, -0.05) is 0 Å². The molecule has 1 rings (SSSR count). The fourth-order valence-electron chi connectivity index (χ4n) is 1.23. The van der Waals surface area contributed by atoms with Crippen LogP contribution in [0.5, 0.6) is 0 Å². The van der Waals surface area contributed by atoms with Gasteiger partial charge in [-0.3, -0.25) is 4.79 Å². The molecule has 0 spiro atoms. The topological polar surface area (TPSA) is 41.1 Å². The summed E-state index contributed by atoms with van der Waals surface area (Å²) in [7, 11) is 1.78. The minimum atomic E-state index is -0.145. The van der Waals surface area contributed by atoms with Gasteiger partial charge < -0.3 is 10.6 Å². The molecule has 84 valence electrons. The zero-order chi connectivity index (χ0) is 11.4. The molecule has 0 bridgehead atoms. The molecule has 1 aromatic rings. The van der Waals surface area contributed by atoms with Gasteiger partial charge in [-0.15, -0.1) is 11.3 Å². The van der Waals surface area contributed by atoms with Crippen molar-refractivity contribution in [3.63, 3.8) is 0 Å². The van der Waals surface area contributed by atoms with Crippen molar-refractivity contribution in [3.8, 4) is 0 Å². The Morgan fingerprint density at radius 3 is 2.53 bits per heavy atom. The molecule has 0 aliphatic carbocycles. The molecule has 3 nitrogen and oxygen atoms in total. The molecule has 2 N–H and O–H groups in total. The maximum absolute atomic E-state index is 11.6. The lowest BCUT2D eigenvalue weighted by Crippen LogP contribution is -2.41. The highest BCUT2D eigenvalue weighted by atomic mass is 32.1. The SMILES string of the molecule is CNC(C)C(=O)NC(C)c1ccc(C)s1. The Labute approximate surface area is 94.9 Å². The summed E-state index contributed by atoms with van der Waals surface area (Å²) in [5.41, 5.74) is 0. The summed E-state index contributed by atoms with van der Waals surface area (Å²) in [5, 5.41) is 5.89. The lowest BCUT2D eigenvalue weighted by Gasteiger charge is -2.15. The summed E-state index contributed by atoms with van der Waals surface area (Å²) in [4.78, 5) is 14.1. The normalized spacial score (nSPS) is 14.7. The van der Waals surface area contributed by atoms with E-state index in [2.05, 4.69) is 29.7 Å². The Morgan fingerprint density at radius 1 is 1.40 bits per heavy atom. The van der Waals surface area contributed by atoms with Gasteiger partial charge in [0, 0.05) is 9.75 Å². The third-order valence-electron chi connectivity index (χ3n) is 2.37. The van der Waals surface area contributed by atoms with E-state index in [1.54, 1.807) is 18.4 Å². The molecule has 1 heterocycles. The van der Waals surface area contributed by atoms with E-state index in [0.717, 1.165) is 0 Å². The minimum Gasteiger partial charge on any atom is -0.347 e. The highest BCUT2D eigenvalue weighted by Crippen LogP contribution is 2.22. The van der Waals surface area contributed by atoms with Crippen molar-refractivity contribution in [3.05, 3.63) is 21.9 Å². The van der Waals surface area contributed by atoms with Crippen LogP contribution in [0.3, 0.4) is 0 Å². The first-order valence-corrected chi connectivity index (χ1v) is 5.90. The van der Waals surface area contributed by atoms with Crippen molar-refractivity contribution in [2.45, 2.75) is 32.9 Å². The number of carbonyl (C=O) groups is 1. The van der Waals surface area contributed by atoms with Gasteiger partial charge in [0.2, 0.25) is 5.91 Å². The zero-order valence-corrected chi connectivity index (χ0v) is 10.4. The van der Waals surface area contributed by atoms with Gasteiger partial charge in [-0.25, -0.2) is 0 Å². The van der Waals surface area contributed by atoms with Crippen LogP contribution in [0.1, 0.15) is 29.6 Å². The van der Waals surface area contributed by atoms with Gasteiger partial charge in [0.1, 0.15) is 0 Å². The lowest BCUT2D eigenvalue weighted by molar-refractivity contribution is -0.123. The van der Waals surface area contributed by atoms with Crippen LogP contribution in [-0.2, 0) is 4.79 Å². The van der Waals surface area contributed by atoms with Crippen LogP contribution in [0.25, 0.3) is 0 Å². The van der Waals surface area contributed by atoms with E-state index < -0.39 is 0 Å². The predicted molar refractivity (Wildman–Crippen MR) is 64.1 cm³/mol. The number of likely N-dealkylation sites (N-methyl/N-ethyl adjacent to an activating group) is 1. The van der Waals surface area contributed by atoms with Crippen LogP contribution in [-0.4, -0.2) is 19.0 Å². The van der Waals surface area contributed by atoms with Crippen LogP contribution in [0.15, 0.2) is 12.1 Å². The van der Waals surface area contributed by atoms with Crippen molar-refractivity contribution >= 4 is 17.2 Å². The molecule has 15 heavy (non-hydrogen) atoms. The summed E-state index contributed by atoms with van der Waals surface area (Å²) in [6.07, 6.45) is 0. The molecule has 0 aromatic carbocycles. The molecule has 0 saturated heterocycles. The van der Waals surface area contributed by atoms with E-state index in [0.29, 0.717) is 0 Å². The number of carbonyl (C=O) groups excluding carboxylic acids is 1. The molecule has 0 radical (unpaired) electrons.